The van der Waals surface area contributed by atoms with Crippen molar-refractivity contribution in [3.05, 3.63) is 0 Å². The van der Waals surface area contributed by atoms with Gasteiger partial charge in [0.05, 0.1) is 12.7 Å². The van der Waals surface area contributed by atoms with Crippen molar-refractivity contribution >= 4 is 0 Å². The van der Waals surface area contributed by atoms with Gasteiger partial charge in [0, 0.05) is 19.1 Å². The topological polar surface area (TPSA) is 12.5 Å². The van der Waals surface area contributed by atoms with Gasteiger partial charge in [0.25, 0.3) is 0 Å². The van der Waals surface area contributed by atoms with Crippen LogP contribution in [0.2, 0.25) is 0 Å². The molecule has 0 unspecified atom stereocenters. The fourth-order valence-corrected chi connectivity index (χ4v) is 3.80. The van der Waals surface area contributed by atoms with Gasteiger partial charge in [-0.3, -0.25) is 4.90 Å². The Labute approximate surface area is 99.3 Å². The number of morpholine rings is 1. The van der Waals surface area contributed by atoms with Crippen LogP contribution < -0.4 is 0 Å². The third-order valence-electron chi connectivity index (χ3n) is 4.41. The monoisotopic (exact) mass is 223 g/mol. The van der Waals surface area contributed by atoms with Gasteiger partial charge < -0.3 is 4.74 Å². The molecule has 0 aromatic carbocycles. The first-order chi connectivity index (χ1) is 7.46. The number of hydrogen-bond donors (Lipinski definition) is 0. The molecule has 3 rings (SSSR count). The van der Waals surface area contributed by atoms with Crippen molar-refractivity contribution in [1.29, 1.82) is 0 Å². The van der Waals surface area contributed by atoms with E-state index in [4.69, 9.17) is 4.74 Å². The molecule has 0 spiro atoms. The summed E-state index contributed by atoms with van der Waals surface area (Å²) in [5.41, 5.74) is 1.16. The molecule has 0 amide bonds. The van der Waals surface area contributed by atoms with E-state index < -0.39 is 0 Å². The molecule has 1 aliphatic carbocycles. The van der Waals surface area contributed by atoms with Crippen LogP contribution in [-0.4, -0.2) is 36.7 Å². The van der Waals surface area contributed by atoms with E-state index in [0.717, 1.165) is 12.6 Å². The van der Waals surface area contributed by atoms with E-state index in [2.05, 4.69) is 25.7 Å². The summed E-state index contributed by atoms with van der Waals surface area (Å²) in [5.74, 6) is 0. The van der Waals surface area contributed by atoms with Crippen molar-refractivity contribution in [2.45, 2.75) is 58.6 Å². The third-order valence-corrected chi connectivity index (χ3v) is 4.41. The Balaban J connectivity index is 1.58. The van der Waals surface area contributed by atoms with E-state index in [9.17, 15) is 0 Å². The predicted octanol–water partition coefficient (Wildman–Crippen LogP) is 2.68. The van der Waals surface area contributed by atoms with Gasteiger partial charge in [-0.1, -0.05) is 20.8 Å². The summed E-state index contributed by atoms with van der Waals surface area (Å²) in [6, 6.07) is 0.752. The molecule has 0 N–H and O–H groups in total. The number of rotatable bonds is 3. The lowest BCUT2D eigenvalue weighted by molar-refractivity contribution is 0.0189. The van der Waals surface area contributed by atoms with E-state index in [1.54, 1.807) is 0 Å². The molecule has 2 atom stereocenters. The maximum Gasteiger partial charge on any atom is 0.0718 e. The minimum absolute atomic E-state index is 0.492. The van der Waals surface area contributed by atoms with Crippen LogP contribution in [0.4, 0.5) is 0 Å². The van der Waals surface area contributed by atoms with Crippen LogP contribution in [0, 0.1) is 10.8 Å². The number of nitrogens with zero attached hydrogens (tertiary/aromatic N) is 1. The molecule has 2 saturated heterocycles. The van der Waals surface area contributed by atoms with E-state index in [0.29, 0.717) is 16.9 Å². The second-order valence-electron chi connectivity index (χ2n) is 7.51. The van der Waals surface area contributed by atoms with Crippen molar-refractivity contribution in [3.63, 3.8) is 0 Å². The van der Waals surface area contributed by atoms with Crippen LogP contribution in [0.3, 0.4) is 0 Å². The maximum absolute atomic E-state index is 5.68. The number of hydrogen-bond acceptors (Lipinski definition) is 2. The fourth-order valence-electron chi connectivity index (χ4n) is 3.80. The van der Waals surface area contributed by atoms with Crippen LogP contribution >= 0.6 is 0 Å². The zero-order valence-corrected chi connectivity index (χ0v) is 11.0. The molecular formula is C14H25NO. The molecule has 2 bridgehead atoms. The van der Waals surface area contributed by atoms with Crippen LogP contribution in [-0.2, 0) is 4.74 Å². The molecule has 16 heavy (non-hydrogen) atoms. The largest absolute Gasteiger partial charge is 0.375 e. The zero-order chi connectivity index (χ0) is 11.4. The van der Waals surface area contributed by atoms with Gasteiger partial charge in [0.2, 0.25) is 0 Å². The Bertz CT molecular complexity index is 277. The van der Waals surface area contributed by atoms with Gasteiger partial charge in [0.1, 0.15) is 0 Å². The predicted molar refractivity (Wildman–Crippen MR) is 65.5 cm³/mol. The minimum atomic E-state index is 0.492. The molecule has 2 aliphatic heterocycles. The SMILES string of the molecule is CC(C)(C)CC1(CN2C[C@H]3C[C@@H]2CO3)CC1. The van der Waals surface area contributed by atoms with Crippen molar-refractivity contribution in [2.75, 3.05) is 19.7 Å². The average Bonchev–Trinajstić information content (AvgIpc) is 2.60. The molecule has 2 nitrogen and oxygen atoms in total. The van der Waals surface area contributed by atoms with Gasteiger partial charge >= 0.3 is 0 Å². The standard InChI is InChI=1S/C14H25NO/c1-13(2,3)9-14(4-5-14)10-15-7-12-6-11(15)8-16-12/h11-12H,4-10H2,1-3H3/t11-,12-/m1/s1. The Kier molecular flexibility index (Phi) is 2.38. The molecule has 0 aromatic heterocycles. The van der Waals surface area contributed by atoms with E-state index >= 15 is 0 Å². The summed E-state index contributed by atoms with van der Waals surface area (Å²) in [4.78, 5) is 2.72. The lowest BCUT2D eigenvalue weighted by Crippen LogP contribution is -2.41. The van der Waals surface area contributed by atoms with Gasteiger partial charge in [-0.05, 0) is 36.5 Å². The molecule has 0 radical (unpaired) electrons. The minimum Gasteiger partial charge on any atom is -0.375 e. The van der Waals surface area contributed by atoms with E-state index in [1.165, 1.54) is 38.8 Å². The van der Waals surface area contributed by atoms with Crippen molar-refractivity contribution in [3.8, 4) is 0 Å². The second kappa shape index (κ2) is 3.46. The van der Waals surface area contributed by atoms with Crippen LogP contribution in [0.5, 0.6) is 0 Å². The molecule has 2 heteroatoms. The Morgan fingerprint density at radius 3 is 2.50 bits per heavy atom. The van der Waals surface area contributed by atoms with E-state index in [1.807, 2.05) is 0 Å². The number of ether oxygens (including phenoxy) is 1. The van der Waals surface area contributed by atoms with Crippen LogP contribution in [0.1, 0.15) is 46.5 Å². The Hall–Kier alpha value is -0.0800. The summed E-state index contributed by atoms with van der Waals surface area (Å²) < 4.78 is 5.68. The smallest absolute Gasteiger partial charge is 0.0718 e. The highest BCUT2D eigenvalue weighted by Gasteiger charge is 2.49. The Morgan fingerprint density at radius 2 is 2.06 bits per heavy atom. The molecular weight excluding hydrogens is 198 g/mol. The van der Waals surface area contributed by atoms with Crippen molar-refractivity contribution in [1.82, 2.24) is 4.90 Å². The molecule has 3 fully saturated rings. The first-order valence-electron chi connectivity index (χ1n) is 6.82. The van der Waals surface area contributed by atoms with Crippen molar-refractivity contribution in [2.24, 2.45) is 10.8 Å². The first kappa shape index (κ1) is 11.0. The van der Waals surface area contributed by atoms with E-state index in [-0.39, 0.29) is 0 Å². The highest BCUT2D eigenvalue weighted by molar-refractivity contribution is 5.02. The van der Waals surface area contributed by atoms with Crippen LogP contribution in [0.15, 0.2) is 0 Å². The summed E-state index contributed by atoms with van der Waals surface area (Å²) in [7, 11) is 0. The summed E-state index contributed by atoms with van der Waals surface area (Å²) in [5, 5.41) is 0. The van der Waals surface area contributed by atoms with Gasteiger partial charge in [-0.15, -0.1) is 0 Å². The molecule has 1 saturated carbocycles. The summed E-state index contributed by atoms with van der Waals surface area (Å²) in [6.07, 6.45) is 6.17. The lowest BCUT2D eigenvalue weighted by atomic mass is 9.82. The van der Waals surface area contributed by atoms with Crippen molar-refractivity contribution < 1.29 is 4.74 Å². The molecule has 92 valence electrons. The highest BCUT2D eigenvalue weighted by atomic mass is 16.5. The summed E-state index contributed by atoms with van der Waals surface area (Å²) >= 11 is 0. The van der Waals surface area contributed by atoms with Gasteiger partial charge in [-0.2, -0.15) is 0 Å². The quantitative estimate of drug-likeness (QED) is 0.729. The molecule has 3 aliphatic rings. The molecule has 0 aromatic rings. The van der Waals surface area contributed by atoms with Gasteiger partial charge in [0.15, 0.2) is 0 Å². The summed E-state index contributed by atoms with van der Waals surface area (Å²) in [6.45, 7) is 10.7. The van der Waals surface area contributed by atoms with Gasteiger partial charge in [-0.25, -0.2) is 0 Å². The Morgan fingerprint density at radius 1 is 1.31 bits per heavy atom. The van der Waals surface area contributed by atoms with Crippen LogP contribution in [0.25, 0.3) is 0 Å². The third kappa shape index (κ3) is 2.14. The lowest BCUT2D eigenvalue weighted by Gasteiger charge is -2.33. The second-order valence-corrected chi connectivity index (χ2v) is 7.51. The highest BCUT2D eigenvalue weighted by Crippen LogP contribution is 2.54. The fraction of sp³-hybridized carbons (Fsp3) is 1.00. The maximum atomic E-state index is 5.68. The normalized spacial score (nSPS) is 36.9. The molecule has 2 heterocycles. The number of likely N-dealkylation sites (tertiary alicyclic amines) is 1. The number of fused-ring (bicyclic) bond motifs is 2. The first-order valence-corrected chi connectivity index (χ1v) is 6.82. The average molecular weight is 223 g/mol. The zero-order valence-electron chi connectivity index (χ0n) is 11.0.